The Balaban J connectivity index is 2.14. The van der Waals surface area contributed by atoms with Crippen molar-refractivity contribution in [3.05, 3.63) is 64.0 Å². The lowest BCUT2D eigenvalue weighted by molar-refractivity contribution is -0.385. The highest BCUT2D eigenvalue weighted by Gasteiger charge is 2.18. The van der Waals surface area contributed by atoms with Gasteiger partial charge in [-0.25, -0.2) is 4.39 Å². The fourth-order valence-corrected chi connectivity index (χ4v) is 1.78. The molecule has 6 nitrogen and oxygen atoms in total. The van der Waals surface area contributed by atoms with Crippen LogP contribution in [0.15, 0.2) is 42.5 Å². The largest absolute Gasteiger partial charge is 0.496 e. The van der Waals surface area contributed by atoms with Gasteiger partial charge in [0.1, 0.15) is 11.6 Å². The number of rotatable bonds is 6. The maximum absolute atomic E-state index is 13.0. The van der Waals surface area contributed by atoms with Gasteiger partial charge in [0, 0.05) is 5.56 Å². The van der Waals surface area contributed by atoms with E-state index in [1.165, 1.54) is 43.5 Å². The second-order valence-corrected chi connectivity index (χ2v) is 4.31. The summed E-state index contributed by atoms with van der Waals surface area (Å²) in [6, 6.07) is 9.16. The van der Waals surface area contributed by atoms with E-state index in [0.29, 0.717) is 5.75 Å². The SMILES string of the molecule is COc1ccc(OCC(=O)c2cccc(F)c2)c([N+](=O)[O-])c1. The average molecular weight is 305 g/mol. The molecule has 22 heavy (non-hydrogen) atoms. The van der Waals surface area contributed by atoms with E-state index in [2.05, 4.69) is 0 Å². The quantitative estimate of drug-likeness (QED) is 0.465. The summed E-state index contributed by atoms with van der Waals surface area (Å²) in [6.07, 6.45) is 0. The summed E-state index contributed by atoms with van der Waals surface area (Å²) >= 11 is 0. The van der Waals surface area contributed by atoms with E-state index in [-0.39, 0.29) is 17.0 Å². The second-order valence-electron chi connectivity index (χ2n) is 4.31. The fourth-order valence-electron chi connectivity index (χ4n) is 1.78. The normalized spacial score (nSPS) is 10.1. The molecule has 0 spiro atoms. The highest BCUT2D eigenvalue weighted by Crippen LogP contribution is 2.31. The third kappa shape index (κ3) is 3.57. The van der Waals surface area contributed by atoms with Gasteiger partial charge in [0.2, 0.25) is 0 Å². The van der Waals surface area contributed by atoms with Crippen LogP contribution in [0, 0.1) is 15.9 Å². The van der Waals surface area contributed by atoms with E-state index in [9.17, 15) is 19.3 Å². The number of carbonyl (C=O) groups excluding carboxylic acids is 1. The minimum atomic E-state index is -0.634. The number of ketones is 1. The van der Waals surface area contributed by atoms with Crippen LogP contribution in [0.5, 0.6) is 11.5 Å². The molecule has 0 heterocycles. The number of nitro groups is 1. The topological polar surface area (TPSA) is 78.7 Å². The number of Topliss-reactive ketones (excluding diaryl/α,β-unsaturated/α-hetero) is 1. The zero-order valence-corrected chi connectivity index (χ0v) is 11.6. The van der Waals surface area contributed by atoms with Crippen LogP contribution in [0.2, 0.25) is 0 Å². The summed E-state index contributed by atoms with van der Waals surface area (Å²) in [4.78, 5) is 22.2. The van der Waals surface area contributed by atoms with Crippen molar-refractivity contribution >= 4 is 11.5 Å². The van der Waals surface area contributed by atoms with Crippen molar-refractivity contribution in [2.24, 2.45) is 0 Å². The van der Waals surface area contributed by atoms with Crippen LogP contribution >= 0.6 is 0 Å². The summed E-state index contributed by atoms with van der Waals surface area (Å²) in [6.45, 7) is -0.434. The number of hydrogen-bond donors (Lipinski definition) is 0. The van der Waals surface area contributed by atoms with Crippen molar-refractivity contribution in [2.45, 2.75) is 0 Å². The highest BCUT2D eigenvalue weighted by molar-refractivity contribution is 5.97. The first-order valence-corrected chi connectivity index (χ1v) is 6.25. The molecule has 0 aromatic heterocycles. The number of halogens is 1. The van der Waals surface area contributed by atoms with Crippen molar-refractivity contribution < 1.29 is 23.6 Å². The van der Waals surface area contributed by atoms with E-state index in [1.54, 1.807) is 0 Å². The zero-order valence-electron chi connectivity index (χ0n) is 11.6. The van der Waals surface area contributed by atoms with Gasteiger partial charge in [0.15, 0.2) is 18.1 Å². The first kappa shape index (κ1) is 15.4. The van der Waals surface area contributed by atoms with Crippen LogP contribution in [0.1, 0.15) is 10.4 Å². The molecule has 0 amide bonds. The molecule has 0 saturated carbocycles. The van der Waals surface area contributed by atoms with Gasteiger partial charge in [-0.3, -0.25) is 14.9 Å². The minimum absolute atomic E-state index is 0.0597. The molecule has 0 aliphatic heterocycles. The van der Waals surface area contributed by atoms with Gasteiger partial charge >= 0.3 is 5.69 Å². The van der Waals surface area contributed by atoms with Crippen molar-refractivity contribution in [1.29, 1.82) is 0 Å². The Labute approximate surface area is 125 Å². The van der Waals surface area contributed by atoms with Crippen LogP contribution in [0.25, 0.3) is 0 Å². The van der Waals surface area contributed by atoms with E-state index in [4.69, 9.17) is 9.47 Å². The van der Waals surface area contributed by atoms with Crippen LogP contribution in [0.3, 0.4) is 0 Å². The molecule has 0 atom stereocenters. The monoisotopic (exact) mass is 305 g/mol. The molecule has 2 rings (SSSR count). The minimum Gasteiger partial charge on any atom is -0.496 e. The smallest absolute Gasteiger partial charge is 0.314 e. The molecule has 0 aliphatic carbocycles. The molecule has 0 N–H and O–H groups in total. The van der Waals surface area contributed by atoms with Gasteiger partial charge in [-0.1, -0.05) is 12.1 Å². The van der Waals surface area contributed by atoms with Gasteiger partial charge in [0.05, 0.1) is 18.1 Å². The molecule has 114 valence electrons. The molecule has 0 bridgehead atoms. The zero-order chi connectivity index (χ0) is 16.1. The van der Waals surface area contributed by atoms with E-state index >= 15 is 0 Å². The lowest BCUT2D eigenvalue weighted by atomic mass is 10.1. The fraction of sp³-hybridized carbons (Fsp3) is 0.133. The van der Waals surface area contributed by atoms with Crippen molar-refractivity contribution in [3.8, 4) is 11.5 Å². The number of methoxy groups -OCH3 is 1. The van der Waals surface area contributed by atoms with Gasteiger partial charge in [0.25, 0.3) is 0 Å². The third-order valence-electron chi connectivity index (χ3n) is 2.87. The summed E-state index contributed by atoms with van der Waals surface area (Å²) in [5, 5.41) is 11.0. The molecule has 2 aromatic carbocycles. The Hall–Kier alpha value is -2.96. The third-order valence-corrected chi connectivity index (χ3v) is 2.87. The molecule has 7 heteroatoms. The summed E-state index contributed by atoms with van der Waals surface area (Å²) in [5.74, 6) is -0.781. The first-order valence-electron chi connectivity index (χ1n) is 6.25. The van der Waals surface area contributed by atoms with Crippen molar-refractivity contribution in [3.63, 3.8) is 0 Å². The number of benzene rings is 2. The standard InChI is InChI=1S/C15H12FNO5/c1-21-12-5-6-15(13(8-12)17(19)20)22-9-14(18)10-3-2-4-11(16)7-10/h2-8H,9H2,1H3. The van der Waals surface area contributed by atoms with Gasteiger partial charge in [-0.2, -0.15) is 0 Å². The van der Waals surface area contributed by atoms with E-state index < -0.39 is 23.1 Å². The van der Waals surface area contributed by atoms with Crippen molar-refractivity contribution in [2.75, 3.05) is 13.7 Å². The molecular weight excluding hydrogens is 293 g/mol. The summed E-state index contributed by atoms with van der Waals surface area (Å²) < 4.78 is 23.1. The average Bonchev–Trinajstić information content (AvgIpc) is 2.52. The molecule has 2 aromatic rings. The lowest BCUT2D eigenvalue weighted by Crippen LogP contribution is -2.12. The van der Waals surface area contributed by atoms with Crippen molar-refractivity contribution in [1.82, 2.24) is 0 Å². The van der Waals surface area contributed by atoms with Gasteiger partial charge in [-0.05, 0) is 24.3 Å². The Kier molecular flexibility index (Phi) is 4.67. The predicted octanol–water partition coefficient (Wildman–Crippen LogP) is 3.00. The molecular formula is C15H12FNO5. The van der Waals surface area contributed by atoms with Crippen LogP contribution in [-0.2, 0) is 0 Å². The van der Waals surface area contributed by atoms with Crippen LogP contribution < -0.4 is 9.47 Å². The number of nitro benzene ring substituents is 1. The molecule has 0 saturated heterocycles. The predicted molar refractivity (Wildman–Crippen MR) is 75.9 cm³/mol. The summed E-state index contributed by atoms with van der Waals surface area (Å²) in [5.41, 5.74) is -0.178. The maximum atomic E-state index is 13.0. The lowest BCUT2D eigenvalue weighted by Gasteiger charge is -2.07. The number of hydrogen-bond acceptors (Lipinski definition) is 5. The number of ether oxygens (including phenoxy) is 2. The molecule has 0 radical (unpaired) electrons. The Morgan fingerprint density at radius 1 is 1.27 bits per heavy atom. The molecule has 0 fully saturated rings. The molecule has 0 unspecified atom stereocenters. The Bertz CT molecular complexity index is 717. The Morgan fingerprint density at radius 2 is 2.05 bits per heavy atom. The number of carbonyl (C=O) groups is 1. The Morgan fingerprint density at radius 3 is 2.68 bits per heavy atom. The molecule has 0 aliphatic rings. The number of nitrogens with zero attached hydrogens (tertiary/aromatic N) is 1. The van der Waals surface area contributed by atoms with E-state index in [1.807, 2.05) is 0 Å². The first-order chi connectivity index (χ1) is 10.5. The maximum Gasteiger partial charge on any atom is 0.314 e. The van der Waals surface area contributed by atoms with Gasteiger partial charge in [-0.15, -0.1) is 0 Å². The second kappa shape index (κ2) is 6.66. The summed E-state index contributed by atoms with van der Waals surface area (Å²) in [7, 11) is 1.38. The van der Waals surface area contributed by atoms with Crippen LogP contribution in [-0.4, -0.2) is 24.4 Å². The van der Waals surface area contributed by atoms with E-state index in [0.717, 1.165) is 6.07 Å². The van der Waals surface area contributed by atoms with Gasteiger partial charge < -0.3 is 9.47 Å². The van der Waals surface area contributed by atoms with Crippen LogP contribution in [0.4, 0.5) is 10.1 Å². The highest BCUT2D eigenvalue weighted by atomic mass is 19.1.